The van der Waals surface area contributed by atoms with Crippen LogP contribution in [0.3, 0.4) is 0 Å². The lowest BCUT2D eigenvalue weighted by atomic mass is 10.1. The van der Waals surface area contributed by atoms with Gasteiger partial charge in [-0.1, -0.05) is 6.92 Å². The fourth-order valence-electron chi connectivity index (χ4n) is 1.72. The molecule has 1 rings (SSSR count). The van der Waals surface area contributed by atoms with E-state index in [2.05, 4.69) is 12.2 Å². The zero-order valence-electron chi connectivity index (χ0n) is 11.6. The molecule has 0 radical (unpaired) electrons. The minimum atomic E-state index is -0.500. The fourth-order valence-corrected chi connectivity index (χ4v) is 1.72. The van der Waals surface area contributed by atoms with E-state index in [1.54, 1.807) is 11.9 Å². The summed E-state index contributed by atoms with van der Waals surface area (Å²) in [5.41, 5.74) is 0.684. The Morgan fingerprint density at radius 2 is 1.78 bits per heavy atom. The maximum atomic E-state index is 13.9. The van der Waals surface area contributed by atoms with Gasteiger partial charge < -0.3 is 10.2 Å². The number of benzene rings is 1. The highest BCUT2D eigenvalue weighted by molar-refractivity contribution is 5.50. The maximum Gasteiger partial charge on any atom is 0.149 e. The van der Waals surface area contributed by atoms with Gasteiger partial charge in [0.15, 0.2) is 0 Å². The summed E-state index contributed by atoms with van der Waals surface area (Å²) in [6.07, 6.45) is 0.999. The molecule has 0 saturated heterocycles. The molecule has 0 saturated carbocycles. The third kappa shape index (κ3) is 3.67. The van der Waals surface area contributed by atoms with Crippen LogP contribution < -0.4 is 10.2 Å². The smallest absolute Gasteiger partial charge is 0.149 e. The van der Waals surface area contributed by atoms with Crippen molar-refractivity contribution in [2.45, 2.75) is 39.8 Å². The highest BCUT2D eigenvalue weighted by atomic mass is 19.1. The van der Waals surface area contributed by atoms with Crippen LogP contribution in [0.5, 0.6) is 0 Å². The molecule has 0 aliphatic carbocycles. The molecule has 0 unspecified atom stereocenters. The largest absolute Gasteiger partial charge is 0.367 e. The highest BCUT2D eigenvalue weighted by Gasteiger charge is 2.16. The summed E-state index contributed by atoms with van der Waals surface area (Å²) in [7, 11) is 1.70. The number of hydrogen-bond acceptors (Lipinski definition) is 2. The molecular weight excluding hydrogens is 234 g/mol. The molecule has 0 heterocycles. The van der Waals surface area contributed by atoms with Gasteiger partial charge in [-0.15, -0.1) is 0 Å². The van der Waals surface area contributed by atoms with Gasteiger partial charge in [-0.05, 0) is 44.5 Å². The van der Waals surface area contributed by atoms with Crippen molar-refractivity contribution in [3.8, 4) is 0 Å². The Labute approximate surface area is 108 Å². The quantitative estimate of drug-likeness (QED) is 0.786. The first-order chi connectivity index (χ1) is 8.47. The second-order valence-corrected chi connectivity index (χ2v) is 4.79. The van der Waals surface area contributed by atoms with E-state index in [0.717, 1.165) is 13.0 Å². The Hall–Kier alpha value is -1.16. The van der Waals surface area contributed by atoms with Gasteiger partial charge in [0.05, 0.1) is 0 Å². The third-order valence-electron chi connectivity index (χ3n) is 2.96. The van der Waals surface area contributed by atoms with Crippen LogP contribution in [0.25, 0.3) is 0 Å². The lowest BCUT2D eigenvalue weighted by Crippen LogP contribution is -2.27. The van der Waals surface area contributed by atoms with Crippen molar-refractivity contribution in [1.29, 1.82) is 0 Å². The molecule has 18 heavy (non-hydrogen) atoms. The van der Waals surface area contributed by atoms with E-state index in [4.69, 9.17) is 0 Å². The van der Waals surface area contributed by atoms with Crippen LogP contribution >= 0.6 is 0 Å². The minimum absolute atomic E-state index is 0.0456. The normalized spacial score (nSPS) is 11.1. The first-order valence-electron chi connectivity index (χ1n) is 6.38. The van der Waals surface area contributed by atoms with E-state index in [9.17, 15) is 8.78 Å². The molecule has 2 nitrogen and oxygen atoms in total. The zero-order valence-corrected chi connectivity index (χ0v) is 11.6. The first-order valence-corrected chi connectivity index (χ1v) is 6.38. The number of rotatable bonds is 6. The van der Waals surface area contributed by atoms with Gasteiger partial charge in [-0.2, -0.15) is 0 Å². The van der Waals surface area contributed by atoms with Crippen LogP contribution in [-0.2, 0) is 6.54 Å². The molecule has 0 spiro atoms. The van der Waals surface area contributed by atoms with Gasteiger partial charge in [-0.3, -0.25) is 0 Å². The number of nitrogens with zero attached hydrogens (tertiary/aromatic N) is 1. The van der Waals surface area contributed by atoms with Crippen molar-refractivity contribution in [3.63, 3.8) is 0 Å². The third-order valence-corrected chi connectivity index (χ3v) is 2.96. The summed E-state index contributed by atoms with van der Waals surface area (Å²) >= 11 is 0. The van der Waals surface area contributed by atoms with Gasteiger partial charge in [0.2, 0.25) is 0 Å². The van der Waals surface area contributed by atoms with Gasteiger partial charge >= 0.3 is 0 Å². The van der Waals surface area contributed by atoms with Gasteiger partial charge in [0.25, 0.3) is 0 Å². The van der Waals surface area contributed by atoms with Crippen molar-refractivity contribution in [2.75, 3.05) is 18.5 Å². The van der Waals surface area contributed by atoms with Crippen LogP contribution in [0.15, 0.2) is 12.1 Å². The Balaban J connectivity index is 2.90. The monoisotopic (exact) mass is 256 g/mol. The number of anilines is 1. The highest BCUT2D eigenvalue weighted by Crippen LogP contribution is 2.25. The molecule has 0 amide bonds. The van der Waals surface area contributed by atoms with E-state index in [1.807, 2.05) is 13.8 Å². The van der Waals surface area contributed by atoms with Crippen LogP contribution in [-0.4, -0.2) is 19.6 Å². The molecule has 0 atom stereocenters. The van der Waals surface area contributed by atoms with E-state index < -0.39 is 11.6 Å². The summed E-state index contributed by atoms with van der Waals surface area (Å²) in [4.78, 5) is 1.61. The Morgan fingerprint density at radius 3 is 2.22 bits per heavy atom. The van der Waals surface area contributed by atoms with Crippen molar-refractivity contribution in [3.05, 3.63) is 29.3 Å². The molecule has 1 N–H and O–H groups in total. The minimum Gasteiger partial charge on any atom is -0.367 e. The van der Waals surface area contributed by atoms with Gasteiger partial charge in [-0.25, -0.2) is 8.78 Å². The van der Waals surface area contributed by atoms with Gasteiger partial charge in [0, 0.05) is 19.6 Å². The lowest BCUT2D eigenvalue weighted by molar-refractivity contribution is 0.561. The molecule has 1 aromatic rings. The van der Waals surface area contributed by atoms with Crippen LogP contribution in [0.2, 0.25) is 0 Å². The van der Waals surface area contributed by atoms with Crippen LogP contribution in [0.1, 0.15) is 32.8 Å². The number of halogens is 2. The molecule has 0 aromatic heterocycles. The molecular formula is C14H22F2N2. The van der Waals surface area contributed by atoms with Crippen molar-refractivity contribution >= 4 is 5.69 Å². The SMILES string of the molecule is CCCNCc1cc(F)c(N(C)C(C)C)c(F)c1. The molecule has 102 valence electrons. The average Bonchev–Trinajstić information content (AvgIpc) is 2.28. The second-order valence-electron chi connectivity index (χ2n) is 4.79. The van der Waals surface area contributed by atoms with E-state index in [0.29, 0.717) is 12.1 Å². The maximum absolute atomic E-state index is 13.9. The van der Waals surface area contributed by atoms with Crippen LogP contribution in [0.4, 0.5) is 14.5 Å². The molecule has 1 aromatic carbocycles. The molecule has 4 heteroatoms. The number of nitrogens with one attached hydrogen (secondary N) is 1. The lowest BCUT2D eigenvalue weighted by Gasteiger charge is -2.25. The van der Waals surface area contributed by atoms with E-state index in [1.165, 1.54) is 12.1 Å². The molecule has 0 aliphatic rings. The first kappa shape index (κ1) is 14.9. The van der Waals surface area contributed by atoms with Crippen molar-refractivity contribution < 1.29 is 8.78 Å². The van der Waals surface area contributed by atoms with Crippen molar-refractivity contribution in [2.24, 2.45) is 0 Å². The predicted octanol–water partition coefficient (Wildman–Crippen LogP) is 3.31. The Bertz CT molecular complexity index is 368. The van der Waals surface area contributed by atoms with E-state index >= 15 is 0 Å². The molecule has 0 aliphatic heterocycles. The second kappa shape index (κ2) is 6.69. The van der Waals surface area contributed by atoms with Crippen molar-refractivity contribution in [1.82, 2.24) is 5.32 Å². The summed E-state index contributed by atoms with van der Waals surface area (Å²) < 4.78 is 27.8. The molecule has 0 fully saturated rings. The number of hydrogen-bond donors (Lipinski definition) is 1. The fraction of sp³-hybridized carbons (Fsp3) is 0.571. The van der Waals surface area contributed by atoms with Crippen LogP contribution in [0, 0.1) is 11.6 Å². The zero-order chi connectivity index (χ0) is 13.7. The average molecular weight is 256 g/mol. The summed E-state index contributed by atoms with van der Waals surface area (Å²) in [5.74, 6) is -1.00. The Kier molecular flexibility index (Phi) is 5.54. The summed E-state index contributed by atoms with van der Waals surface area (Å²) in [6, 6.07) is 2.86. The summed E-state index contributed by atoms with van der Waals surface area (Å²) in [6.45, 7) is 7.18. The molecule has 0 bridgehead atoms. The Morgan fingerprint density at radius 1 is 1.22 bits per heavy atom. The van der Waals surface area contributed by atoms with E-state index in [-0.39, 0.29) is 11.7 Å². The van der Waals surface area contributed by atoms with Gasteiger partial charge in [0.1, 0.15) is 17.3 Å². The predicted molar refractivity (Wildman–Crippen MR) is 71.9 cm³/mol. The topological polar surface area (TPSA) is 15.3 Å². The standard InChI is InChI=1S/C14H22F2N2/c1-5-6-17-9-11-7-12(15)14(13(16)8-11)18(4)10(2)3/h7-8,10,17H,5-6,9H2,1-4H3. The summed E-state index contributed by atoms with van der Waals surface area (Å²) in [5, 5.41) is 3.13.